The zero-order valence-corrected chi connectivity index (χ0v) is 17.6. The molecule has 1 spiro atoms. The lowest BCUT2D eigenvalue weighted by Gasteiger charge is -2.34. The van der Waals surface area contributed by atoms with Gasteiger partial charge in [-0.3, -0.25) is 24.6 Å². The predicted octanol–water partition coefficient (Wildman–Crippen LogP) is 2.91. The van der Waals surface area contributed by atoms with Crippen molar-refractivity contribution in [2.24, 2.45) is 17.8 Å². The number of imide groups is 1. The summed E-state index contributed by atoms with van der Waals surface area (Å²) in [5, 5.41) is 6.71. The molecule has 28 heavy (non-hydrogen) atoms. The van der Waals surface area contributed by atoms with E-state index in [9.17, 15) is 14.4 Å². The molecule has 7 heteroatoms. The van der Waals surface area contributed by atoms with Crippen molar-refractivity contribution in [3.8, 4) is 0 Å². The molecule has 4 atom stereocenters. The molecule has 4 rings (SSSR count). The van der Waals surface area contributed by atoms with Gasteiger partial charge in [-0.15, -0.1) is 0 Å². The number of halogens is 1. The first-order chi connectivity index (χ1) is 13.0. The highest BCUT2D eigenvalue weighted by molar-refractivity contribution is 6.35. The maximum atomic E-state index is 13.5. The predicted molar refractivity (Wildman–Crippen MR) is 107 cm³/mol. The second kappa shape index (κ2) is 6.04. The van der Waals surface area contributed by atoms with Gasteiger partial charge in [-0.1, -0.05) is 37.6 Å². The van der Waals surface area contributed by atoms with Crippen LogP contribution in [-0.4, -0.2) is 34.2 Å². The van der Waals surface area contributed by atoms with Gasteiger partial charge in [-0.2, -0.15) is 0 Å². The zero-order chi connectivity index (χ0) is 20.6. The molecular formula is C21H26ClN3O3. The number of benzene rings is 1. The van der Waals surface area contributed by atoms with E-state index in [0.717, 1.165) is 0 Å². The number of carbonyl (C=O) groups excluding carboxylic acids is 3. The fourth-order valence-corrected chi connectivity index (χ4v) is 5.39. The molecule has 6 nitrogen and oxygen atoms in total. The van der Waals surface area contributed by atoms with Crippen molar-refractivity contribution in [3.05, 3.63) is 28.8 Å². The quantitative estimate of drug-likeness (QED) is 0.744. The molecule has 2 unspecified atom stereocenters. The number of nitrogens with zero attached hydrogens (tertiary/aromatic N) is 1. The van der Waals surface area contributed by atoms with E-state index < -0.39 is 22.9 Å². The molecule has 1 aromatic rings. The van der Waals surface area contributed by atoms with Crippen LogP contribution in [-0.2, 0) is 19.9 Å². The summed E-state index contributed by atoms with van der Waals surface area (Å²) < 4.78 is 0. The Morgan fingerprint density at radius 3 is 2.46 bits per heavy atom. The Hall–Kier alpha value is -1.92. The molecular weight excluding hydrogens is 378 g/mol. The third-order valence-corrected chi connectivity index (χ3v) is 6.41. The number of nitrogens with one attached hydrogen (secondary N) is 2. The van der Waals surface area contributed by atoms with E-state index in [2.05, 4.69) is 24.5 Å². The van der Waals surface area contributed by atoms with Crippen LogP contribution < -0.4 is 10.6 Å². The smallest absolute Gasteiger partial charge is 0.250 e. The first-order valence-electron chi connectivity index (χ1n) is 9.76. The van der Waals surface area contributed by atoms with Crippen molar-refractivity contribution in [1.82, 2.24) is 10.2 Å². The first-order valence-corrected chi connectivity index (χ1v) is 10.1. The average molecular weight is 404 g/mol. The number of likely N-dealkylation sites (tertiary alicyclic amines) is 1. The van der Waals surface area contributed by atoms with Crippen LogP contribution in [0.3, 0.4) is 0 Å². The lowest BCUT2D eigenvalue weighted by atomic mass is 9.76. The summed E-state index contributed by atoms with van der Waals surface area (Å²) in [6, 6.07) is 5.04. The maximum Gasteiger partial charge on any atom is 0.250 e. The number of para-hydroxylation sites is 1. The van der Waals surface area contributed by atoms with E-state index in [1.165, 1.54) is 4.90 Å². The normalized spacial score (nSPS) is 31.8. The Bertz CT molecular complexity index is 891. The van der Waals surface area contributed by atoms with Crippen LogP contribution in [0.2, 0.25) is 5.02 Å². The van der Waals surface area contributed by atoms with Crippen LogP contribution in [0.1, 0.15) is 46.6 Å². The summed E-state index contributed by atoms with van der Waals surface area (Å²) in [6.07, 6.45) is 0.698. The number of rotatable bonds is 2. The third kappa shape index (κ3) is 2.40. The summed E-state index contributed by atoms with van der Waals surface area (Å²) in [7, 11) is 0. The molecule has 1 aromatic carbocycles. The number of anilines is 1. The van der Waals surface area contributed by atoms with E-state index >= 15 is 0 Å². The van der Waals surface area contributed by atoms with Crippen molar-refractivity contribution < 1.29 is 14.4 Å². The van der Waals surface area contributed by atoms with Crippen molar-refractivity contribution in [3.63, 3.8) is 0 Å². The monoisotopic (exact) mass is 403 g/mol. The Kier molecular flexibility index (Phi) is 4.18. The molecule has 2 fully saturated rings. The van der Waals surface area contributed by atoms with Crippen LogP contribution in [0, 0.1) is 17.8 Å². The number of hydrogen-bond donors (Lipinski definition) is 2. The average Bonchev–Trinajstić information content (AvgIpc) is 3.13. The van der Waals surface area contributed by atoms with Crippen molar-refractivity contribution in [2.75, 3.05) is 5.32 Å². The lowest BCUT2D eigenvalue weighted by Crippen LogP contribution is -2.55. The van der Waals surface area contributed by atoms with Crippen LogP contribution in [0.25, 0.3) is 0 Å². The minimum absolute atomic E-state index is 0.194. The molecule has 2 saturated heterocycles. The number of hydrogen-bond acceptors (Lipinski definition) is 4. The topological polar surface area (TPSA) is 78.5 Å². The molecule has 150 valence electrons. The minimum Gasteiger partial charge on any atom is -0.323 e. The molecule has 0 bridgehead atoms. The van der Waals surface area contributed by atoms with Crippen LogP contribution in [0.5, 0.6) is 0 Å². The van der Waals surface area contributed by atoms with Crippen molar-refractivity contribution >= 4 is 35.0 Å². The van der Waals surface area contributed by atoms with E-state index in [0.29, 0.717) is 28.6 Å². The van der Waals surface area contributed by atoms with Gasteiger partial charge in [0, 0.05) is 17.1 Å². The summed E-state index contributed by atoms with van der Waals surface area (Å²) in [5.41, 5.74) is -0.728. The second-order valence-corrected chi connectivity index (χ2v) is 9.90. The van der Waals surface area contributed by atoms with E-state index in [4.69, 9.17) is 11.6 Å². The number of carbonyl (C=O) groups is 3. The molecule has 3 heterocycles. The van der Waals surface area contributed by atoms with Crippen LogP contribution in [0.4, 0.5) is 5.69 Å². The standard InChI is InChI=1S/C21H26ClN3O3/c1-10(2)9-13-14-15(18(27)25(17(14)26)20(3,4)5)21(24-13)11-7-6-8-12(22)16(11)23-19(21)28/h6-8,10,13-15,24H,9H2,1-5H3,(H,23,28)/t13?,14-,15+,21?/m1/s1. The van der Waals surface area contributed by atoms with E-state index in [-0.39, 0.29) is 23.8 Å². The molecule has 0 radical (unpaired) electrons. The molecule has 0 aromatic heterocycles. The molecule has 3 aliphatic heterocycles. The van der Waals surface area contributed by atoms with E-state index in [1.54, 1.807) is 12.1 Å². The molecule has 3 amide bonds. The van der Waals surface area contributed by atoms with Gasteiger partial charge in [0.25, 0.3) is 0 Å². The van der Waals surface area contributed by atoms with E-state index in [1.807, 2.05) is 26.8 Å². The largest absolute Gasteiger partial charge is 0.323 e. The Morgan fingerprint density at radius 1 is 1.18 bits per heavy atom. The van der Waals surface area contributed by atoms with Gasteiger partial charge in [-0.25, -0.2) is 0 Å². The van der Waals surface area contributed by atoms with Gasteiger partial charge in [0.15, 0.2) is 0 Å². The SMILES string of the molecule is CC(C)CC1NC2(C(=O)Nc3c(Cl)cccc32)[C@@H]2C(=O)N(C(C)(C)C)C(=O)[C@H]12. The van der Waals surface area contributed by atoms with Gasteiger partial charge in [0.2, 0.25) is 17.7 Å². The molecule has 2 N–H and O–H groups in total. The highest BCUT2D eigenvalue weighted by Crippen LogP contribution is 2.55. The number of fused-ring (bicyclic) bond motifs is 4. The second-order valence-electron chi connectivity index (χ2n) is 9.49. The Labute approximate surface area is 170 Å². The van der Waals surface area contributed by atoms with Gasteiger partial charge in [0.05, 0.1) is 22.5 Å². The van der Waals surface area contributed by atoms with Gasteiger partial charge < -0.3 is 5.32 Å². The minimum atomic E-state index is -1.27. The molecule has 0 aliphatic carbocycles. The molecule has 0 saturated carbocycles. The highest BCUT2D eigenvalue weighted by atomic mass is 35.5. The van der Waals surface area contributed by atoms with Crippen molar-refractivity contribution in [2.45, 2.75) is 58.2 Å². The Morgan fingerprint density at radius 2 is 1.86 bits per heavy atom. The summed E-state index contributed by atoms with van der Waals surface area (Å²) in [4.78, 5) is 41.5. The first kappa shape index (κ1) is 19.4. The third-order valence-electron chi connectivity index (χ3n) is 6.10. The summed E-state index contributed by atoms with van der Waals surface area (Å²) >= 11 is 6.32. The maximum absolute atomic E-state index is 13.5. The van der Waals surface area contributed by atoms with Crippen LogP contribution >= 0.6 is 11.6 Å². The Balaban J connectivity index is 1.91. The van der Waals surface area contributed by atoms with Gasteiger partial charge in [-0.05, 0) is 39.2 Å². The summed E-state index contributed by atoms with van der Waals surface area (Å²) in [6.45, 7) is 9.69. The van der Waals surface area contributed by atoms with Crippen molar-refractivity contribution in [1.29, 1.82) is 0 Å². The molecule has 3 aliphatic rings. The van der Waals surface area contributed by atoms with Crippen LogP contribution in [0.15, 0.2) is 18.2 Å². The van der Waals surface area contributed by atoms with Gasteiger partial charge >= 0.3 is 0 Å². The highest BCUT2D eigenvalue weighted by Gasteiger charge is 2.71. The zero-order valence-electron chi connectivity index (χ0n) is 16.8. The fraction of sp³-hybridized carbons (Fsp3) is 0.571. The summed E-state index contributed by atoms with van der Waals surface area (Å²) in [5.74, 6) is -1.82. The lowest BCUT2D eigenvalue weighted by molar-refractivity contribution is -0.147. The van der Waals surface area contributed by atoms with Gasteiger partial charge in [0.1, 0.15) is 5.54 Å². The number of amides is 3. The fourth-order valence-electron chi connectivity index (χ4n) is 5.16.